The van der Waals surface area contributed by atoms with E-state index in [2.05, 4.69) is 38.9 Å². The molecule has 0 aromatic carbocycles. The molecule has 2 aliphatic heterocycles. The van der Waals surface area contributed by atoms with Gasteiger partial charge in [-0.3, -0.25) is 4.79 Å². The highest BCUT2D eigenvalue weighted by atomic mass is 32.1. The number of amides is 1. The highest BCUT2D eigenvalue weighted by Crippen LogP contribution is 2.30. The van der Waals surface area contributed by atoms with Crippen molar-refractivity contribution in [2.75, 3.05) is 19.6 Å². The van der Waals surface area contributed by atoms with Crippen molar-refractivity contribution in [3.05, 3.63) is 27.2 Å². The molecule has 1 fully saturated rings. The van der Waals surface area contributed by atoms with Crippen LogP contribution in [0.4, 0.5) is 0 Å². The molecule has 146 valence electrons. The summed E-state index contributed by atoms with van der Waals surface area (Å²) in [6.07, 6.45) is 2.84. The minimum atomic E-state index is 0.144. The number of piperidine rings is 1. The van der Waals surface area contributed by atoms with Crippen molar-refractivity contribution < 1.29 is 4.79 Å². The topological polar surface area (TPSA) is 75.9 Å². The lowest BCUT2D eigenvalue weighted by atomic mass is 9.95. The number of likely N-dealkylation sites (tertiary alicyclic amines) is 1. The molecule has 0 atom stereocenters. The molecule has 4 heterocycles. The zero-order chi connectivity index (χ0) is 19.0. The van der Waals surface area contributed by atoms with Crippen LogP contribution in [0.25, 0.3) is 0 Å². The lowest BCUT2D eigenvalue weighted by molar-refractivity contribution is 0.0714. The van der Waals surface area contributed by atoms with Crippen LogP contribution in [0.3, 0.4) is 0 Å². The van der Waals surface area contributed by atoms with Crippen LogP contribution in [0, 0.1) is 12.8 Å². The van der Waals surface area contributed by atoms with Gasteiger partial charge in [0.2, 0.25) is 0 Å². The first-order chi connectivity index (χ1) is 13.0. The summed E-state index contributed by atoms with van der Waals surface area (Å²) in [5.74, 6) is 3.23. The molecule has 0 saturated carbocycles. The molecule has 0 radical (unpaired) electrons. The van der Waals surface area contributed by atoms with Crippen molar-refractivity contribution >= 4 is 17.2 Å². The Kier molecular flexibility index (Phi) is 5.27. The van der Waals surface area contributed by atoms with Gasteiger partial charge in [0.1, 0.15) is 16.5 Å². The third-order valence-electron chi connectivity index (χ3n) is 5.42. The number of carbonyl (C=O) groups is 1. The second-order valence-corrected chi connectivity index (χ2v) is 9.07. The van der Waals surface area contributed by atoms with Crippen molar-refractivity contribution in [1.82, 2.24) is 30.0 Å². The summed E-state index contributed by atoms with van der Waals surface area (Å²) >= 11 is 1.57. The van der Waals surface area contributed by atoms with Gasteiger partial charge in [0, 0.05) is 38.5 Å². The second-order valence-electron chi connectivity index (χ2n) is 7.99. The molecule has 1 saturated heterocycles. The van der Waals surface area contributed by atoms with E-state index in [1.54, 1.807) is 11.3 Å². The molecule has 7 nitrogen and oxygen atoms in total. The van der Waals surface area contributed by atoms with E-state index in [9.17, 15) is 4.79 Å². The van der Waals surface area contributed by atoms with Crippen molar-refractivity contribution in [3.63, 3.8) is 0 Å². The van der Waals surface area contributed by atoms with E-state index in [0.717, 1.165) is 79.2 Å². The SMILES string of the molecule is Cc1nc(CC(C)C)sc1C(=O)N1CCC(c2nnc3n2CCNC3)CC1. The van der Waals surface area contributed by atoms with Gasteiger partial charge in [0.25, 0.3) is 5.91 Å². The number of thiazole rings is 1. The number of nitrogens with zero attached hydrogens (tertiary/aromatic N) is 5. The van der Waals surface area contributed by atoms with E-state index in [1.165, 1.54) is 0 Å². The van der Waals surface area contributed by atoms with Crippen LogP contribution in [0.1, 0.15) is 64.6 Å². The first kappa shape index (κ1) is 18.6. The van der Waals surface area contributed by atoms with Gasteiger partial charge in [-0.25, -0.2) is 4.98 Å². The predicted octanol–water partition coefficient (Wildman–Crippen LogP) is 2.36. The number of fused-ring (bicyclic) bond motifs is 1. The van der Waals surface area contributed by atoms with E-state index in [1.807, 2.05) is 11.8 Å². The van der Waals surface area contributed by atoms with Gasteiger partial charge in [0.05, 0.1) is 17.2 Å². The summed E-state index contributed by atoms with van der Waals surface area (Å²) in [5, 5.41) is 13.2. The van der Waals surface area contributed by atoms with E-state index in [0.29, 0.717) is 11.8 Å². The molecule has 2 aromatic heterocycles. The van der Waals surface area contributed by atoms with E-state index in [-0.39, 0.29) is 5.91 Å². The summed E-state index contributed by atoms with van der Waals surface area (Å²) in [6.45, 7) is 10.6. The Hall–Kier alpha value is -1.80. The average molecular weight is 389 g/mol. The Morgan fingerprint density at radius 1 is 1.26 bits per heavy atom. The maximum absolute atomic E-state index is 13.0. The van der Waals surface area contributed by atoms with Crippen molar-refractivity contribution in [1.29, 1.82) is 0 Å². The number of hydrogen-bond donors (Lipinski definition) is 1. The van der Waals surface area contributed by atoms with E-state index in [4.69, 9.17) is 0 Å². The quantitative estimate of drug-likeness (QED) is 0.870. The summed E-state index contributed by atoms with van der Waals surface area (Å²) in [4.78, 5) is 20.4. The molecule has 2 aliphatic rings. The normalized spacial score (nSPS) is 18.1. The first-order valence-corrected chi connectivity index (χ1v) is 10.7. The number of hydrogen-bond acceptors (Lipinski definition) is 6. The first-order valence-electron chi connectivity index (χ1n) is 9.91. The highest BCUT2D eigenvalue weighted by molar-refractivity contribution is 7.13. The molecule has 0 unspecified atom stereocenters. The van der Waals surface area contributed by atoms with Crippen LogP contribution in [-0.2, 0) is 19.5 Å². The Balaban J connectivity index is 1.41. The smallest absolute Gasteiger partial charge is 0.265 e. The standard InChI is InChI=1S/C19H28N6OS/c1-12(2)10-16-21-13(3)17(27-16)19(26)24-7-4-14(5-8-24)18-23-22-15-11-20-6-9-25(15)18/h12,14,20H,4-11H2,1-3H3. The fraction of sp³-hybridized carbons (Fsp3) is 0.684. The lowest BCUT2D eigenvalue weighted by Crippen LogP contribution is -2.38. The number of aryl methyl sites for hydroxylation is 1. The van der Waals surface area contributed by atoms with Crippen molar-refractivity contribution in [2.24, 2.45) is 5.92 Å². The van der Waals surface area contributed by atoms with Crippen LogP contribution in [-0.4, -0.2) is 50.2 Å². The van der Waals surface area contributed by atoms with Gasteiger partial charge >= 0.3 is 0 Å². The summed E-state index contributed by atoms with van der Waals surface area (Å²) in [5.41, 5.74) is 0.877. The maximum atomic E-state index is 13.0. The Labute approximate surface area is 164 Å². The molecule has 4 rings (SSSR count). The predicted molar refractivity (Wildman–Crippen MR) is 105 cm³/mol. The largest absolute Gasteiger partial charge is 0.338 e. The van der Waals surface area contributed by atoms with Gasteiger partial charge in [-0.15, -0.1) is 21.5 Å². The Bertz CT molecular complexity index is 818. The van der Waals surface area contributed by atoms with Crippen LogP contribution in [0.5, 0.6) is 0 Å². The average Bonchev–Trinajstić information content (AvgIpc) is 3.24. The monoisotopic (exact) mass is 388 g/mol. The molecule has 0 aliphatic carbocycles. The molecule has 1 N–H and O–H groups in total. The van der Waals surface area contributed by atoms with Gasteiger partial charge < -0.3 is 14.8 Å². The van der Waals surface area contributed by atoms with Crippen LogP contribution in [0.2, 0.25) is 0 Å². The van der Waals surface area contributed by atoms with Crippen LogP contribution >= 0.6 is 11.3 Å². The third kappa shape index (κ3) is 3.78. The van der Waals surface area contributed by atoms with E-state index >= 15 is 0 Å². The van der Waals surface area contributed by atoms with E-state index < -0.39 is 0 Å². The Morgan fingerprint density at radius 3 is 2.78 bits per heavy atom. The number of nitrogens with one attached hydrogen (secondary N) is 1. The summed E-state index contributed by atoms with van der Waals surface area (Å²) < 4.78 is 2.27. The molecular formula is C19H28N6OS. The molecule has 2 aromatic rings. The molecule has 0 bridgehead atoms. The number of rotatable bonds is 4. The molecule has 8 heteroatoms. The second kappa shape index (κ2) is 7.67. The van der Waals surface area contributed by atoms with Crippen molar-refractivity contribution in [2.45, 2.75) is 59.0 Å². The van der Waals surface area contributed by atoms with Crippen LogP contribution < -0.4 is 5.32 Å². The summed E-state index contributed by atoms with van der Waals surface area (Å²) in [6, 6.07) is 0. The Morgan fingerprint density at radius 2 is 2.04 bits per heavy atom. The molecular weight excluding hydrogens is 360 g/mol. The fourth-order valence-electron chi connectivity index (χ4n) is 3.99. The highest BCUT2D eigenvalue weighted by Gasteiger charge is 2.30. The molecule has 0 spiro atoms. The van der Waals surface area contributed by atoms with Gasteiger partial charge in [0.15, 0.2) is 0 Å². The van der Waals surface area contributed by atoms with Gasteiger partial charge in [-0.05, 0) is 25.7 Å². The minimum absolute atomic E-state index is 0.144. The zero-order valence-electron chi connectivity index (χ0n) is 16.4. The van der Waals surface area contributed by atoms with Gasteiger partial charge in [-0.2, -0.15) is 0 Å². The summed E-state index contributed by atoms with van der Waals surface area (Å²) in [7, 11) is 0. The molecule has 1 amide bonds. The third-order valence-corrected chi connectivity index (χ3v) is 6.58. The fourth-order valence-corrected chi connectivity index (χ4v) is 5.23. The maximum Gasteiger partial charge on any atom is 0.265 e. The lowest BCUT2D eigenvalue weighted by Gasteiger charge is -2.32. The minimum Gasteiger partial charge on any atom is -0.338 e. The molecule has 27 heavy (non-hydrogen) atoms. The van der Waals surface area contributed by atoms with Crippen LogP contribution in [0.15, 0.2) is 0 Å². The van der Waals surface area contributed by atoms with Crippen molar-refractivity contribution in [3.8, 4) is 0 Å². The number of carbonyl (C=O) groups excluding carboxylic acids is 1. The zero-order valence-corrected chi connectivity index (χ0v) is 17.2. The number of aromatic nitrogens is 4. The van der Waals surface area contributed by atoms with Gasteiger partial charge in [-0.1, -0.05) is 13.8 Å².